The van der Waals surface area contributed by atoms with Crippen molar-refractivity contribution in [2.75, 3.05) is 5.75 Å². The maximum atomic E-state index is 3.93. The van der Waals surface area contributed by atoms with Crippen LogP contribution in [0.25, 0.3) is 0 Å². The Morgan fingerprint density at radius 3 is 2.38 bits per heavy atom. The summed E-state index contributed by atoms with van der Waals surface area (Å²) in [5.74, 6) is 1.29. The van der Waals surface area contributed by atoms with Gasteiger partial charge >= 0.3 is 0 Å². The first kappa shape index (κ1) is 12.8. The van der Waals surface area contributed by atoms with Crippen molar-refractivity contribution in [3.63, 3.8) is 0 Å². The van der Waals surface area contributed by atoms with E-state index in [0.29, 0.717) is 0 Å². The molecule has 0 aromatic carbocycles. The first-order chi connectivity index (χ1) is 7.88. The fourth-order valence-electron chi connectivity index (χ4n) is 3.26. The lowest BCUT2D eigenvalue weighted by Gasteiger charge is -2.21. The van der Waals surface area contributed by atoms with Crippen molar-refractivity contribution >= 4 is 11.8 Å². The maximum absolute atomic E-state index is 3.93. The topological polar surface area (TPSA) is 12.0 Å². The van der Waals surface area contributed by atoms with E-state index in [4.69, 9.17) is 0 Å². The minimum Gasteiger partial charge on any atom is -0.311 e. The molecule has 2 saturated carbocycles. The Kier molecular flexibility index (Phi) is 5.51. The molecule has 0 bridgehead atoms. The first-order valence-corrected chi connectivity index (χ1v) is 8.31. The molecule has 0 heterocycles. The van der Waals surface area contributed by atoms with Gasteiger partial charge in [-0.05, 0) is 37.9 Å². The van der Waals surface area contributed by atoms with E-state index >= 15 is 0 Å². The molecular weight excluding hydrogens is 214 g/mol. The zero-order valence-corrected chi connectivity index (χ0v) is 11.5. The predicted molar refractivity (Wildman–Crippen MR) is 74.2 cm³/mol. The van der Waals surface area contributed by atoms with Crippen molar-refractivity contribution in [2.24, 2.45) is 0 Å². The normalized spacial score (nSPS) is 32.8. The van der Waals surface area contributed by atoms with Crippen molar-refractivity contribution in [3.8, 4) is 0 Å². The summed E-state index contributed by atoms with van der Waals surface area (Å²) in [4.78, 5) is 0. The van der Waals surface area contributed by atoms with E-state index in [1.54, 1.807) is 0 Å². The lowest BCUT2D eigenvalue weighted by Crippen LogP contribution is -2.36. The van der Waals surface area contributed by atoms with Gasteiger partial charge in [0.15, 0.2) is 0 Å². The molecule has 0 aliphatic heterocycles. The van der Waals surface area contributed by atoms with E-state index in [1.807, 2.05) is 0 Å². The third-order valence-corrected chi connectivity index (χ3v) is 5.35. The van der Waals surface area contributed by atoms with Crippen LogP contribution in [0, 0.1) is 0 Å². The average Bonchev–Trinajstić information content (AvgIpc) is 2.56. The maximum Gasteiger partial charge on any atom is 0.00805 e. The zero-order chi connectivity index (χ0) is 11.2. The molecule has 2 heteroatoms. The van der Waals surface area contributed by atoms with Gasteiger partial charge in [-0.25, -0.2) is 0 Å². The van der Waals surface area contributed by atoms with Crippen LogP contribution in [0.5, 0.6) is 0 Å². The Morgan fingerprint density at radius 1 is 0.938 bits per heavy atom. The largest absolute Gasteiger partial charge is 0.311 e. The molecule has 0 amide bonds. The minimum absolute atomic E-state index is 0.840. The Hall–Kier alpha value is 0.310. The van der Waals surface area contributed by atoms with Crippen molar-refractivity contribution in [1.82, 2.24) is 5.32 Å². The van der Waals surface area contributed by atoms with Crippen molar-refractivity contribution < 1.29 is 0 Å². The van der Waals surface area contributed by atoms with Gasteiger partial charge in [0.1, 0.15) is 0 Å². The van der Waals surface area contributed by atoms with Crippen molar-refractivity contribution in [2.45, 2.75) is 82.0 Å². The molecule has 1 N–H and O–H groups in total. The summed E-state index contributed by atoms with van der Waals surface area (Å²) in [5, 5.41) is 4.88. The highest BCUT2D eigenvalue weighted by Crippen LogP contribution is 2.30. The zero-order valence-electron chi connectivity index (χ0n) is 10.7. The summed E-state index contributed by atoms with van der Waals surface area (Å²) in [7, 11) is 0. The number of nitrogens with one attached hydrogen (secondary N) is 1. The summed E-state index contributed by atoms with van der Waals surface area (Å²) >= 11 is 2.17. The third kappa shape index (κ3) is 3.96. The number of rotatable bonds is 4. The van der Waals surface area contributed by atoms with Crippen LogP contribution in [0.4, 0.5) is 0 Å². The molecule has 0 saturated heterocycles. The molecular formula is C14H27NS. The van der Waals surface area contributed by atoms with Gasteiger partial charge in [-0.3, -0.25) is 0 Å². The van der Waals surface area contributed by atoms with Gasteiger partial charge in [-0.1, -0.05) is 32.6 Å². The van der Waals surface area contributed by atoms with Crippen LogP contribution in [-0.4, -0.2) is 23.1 Å². The van der Waals surface area contributed by atoms with Crippen LogP contribution in [0.15, 0.2) is 0 Å². The van der Waals surface area contributed by atoms with Crippen LogP contribution in [0.3, 0.4) is 0 Å². The Balaban J connectivity index is 1.69. The standard InChI is InChI=1S/C14H27NS/c1-2-16-14-10-9-13(11-14)15-12-7-5-3-4-6-8-12/h12-15H,2-11H2,1H3. The van der Waals surface area contributed by atoms with E-state index in [1.165, 1.54) is 63.5 Å². The number of hydrogen-bond donors (Lipinski definition) is 1. The summed E-state index contributed by atoms with van der Waals surface area (Å²) in [6, 6.07) is 1.69. The Morgan fingerprint density at radius 2 is 1.69 bits per heavy atom. The van der Waals surface area contributed by atoms with Gasteiger partial charge in [0.2, 0.25) is 0 Å². The van der Waals surface area contributed by atoms with Crippen LogP contribution in [0.2, 0.25) is 0 Å². The quantitative estimate of drug-likeness (QED) is 0.747. The van der Waals surface area contributed by atoms with Crippen molar-refractivity contribution in [3.05, 3.63) is 0 Å². The molecule has 0 radical (unpaired) electrons. The van der Waals surface area contributed by atoms with Crippen LogP contribution in [-0.2, 0) is 0 Å². The molecule has 2 rings (SSSR count). The van der Waals surface area contributed by atoms with Crippen LogP contribution < -0.4 is 5.32 Å². The van der Waals surface area contributed by atoms with Crippen LogP contribution in [0.1, 0.15) is 64.7 Å². The van der Waals surface area contributed by atoms with Gasteiger partial charge in [0.25, 0.3) is 0 Å². The lowest BCUT2D eigenvalue weighted by atomic mass is 10.1. The van der Waals surface area contributed by atoms with Gasteiger partial charge < -0.3 is 5.32 Å². The minimum atomic E-state index is 0.840. The molecule has 2 atom stereocenters. The summed E-state index contributed by atoms with van der Waals surface area (Å²) in [6.45, 7) is 2.29. The van der Waals surface area contributed by atoms with Gasteiger partial charge in [0.05, 0.1) is 0 Å². The molecule has 0 spiro atoms. The summed E-state index contributed by atoms with van der Waals surface area (Å²) in [5.41, 5.74) is 0. The smallest absolute Gasteiger partial charge is 0.00805 e. The summed E-state index contributed by atoms with van der Waals surface area (Å²) in [6.07, 6.45) is 13.0. The first-order valence-electron chi connectivity index (χ1n) is 7.26. The summed E-state index contributed by atoms with van der Waals surface area (Å²) < 4.78 is 0. The van der Waals surface area contributed by atoms with Gasteiger partial charge in [-0.15, -0.1) is 0 Å². The average molecular weight is 241 g/mol. The molecule has 0 aromatic rings. The Bertz CT molecular complexity index is 187. The van der Waals surface area contributed by atoms with E-state index < -0.39 is 0 Å². The van der Waals surface area contributed by atoms with E-state index in [2.05, 4.69) is 24.0 Å². The molecule has 0 aromatic heterocycles. The number of thioether (sulfide) groups is 1. The second-order valence-electron chi connectivity index (χ2n) is 5.44. The van der Waals surface area contributed by atoms with E-state index in [9.17, 15) is 0 Å². The molecule has 16 heavy (non-hydrogen) atoms. The highest BCUT2D eigenvalue weighted by atomic mass is 32.2. The highest BCUT2D eigenvalue weighted by molar-refractivity contribution is 7.99. The molecule has 2 unspecified atom stereocenters. The fraction of sp³-hybridized carbons (Fsp3) is 1.00. The molecule has 2 fully saturated rings. The van der Waals surface area contributed by atoms with Gasteiger partial charge in [-0.2, -0.15) is 11.8 Å². The molecule has 2 aliphatic rings. The Labute approximate surface area is 105 Å². The van der Waals surface area contributed by atoms with Gasteiger partial charge in [0, 0.05) is 17.3 Å². The van der Waals surface area contributed by atoms with E-state index in [-0.39, 0.29) is 0 Å². The monoisotopic (exact) mass is 241 g/mol. The highest BCUT2D eigenvalue weighted by Gasteiger charge is 2.26. The number of hydrogen-bond acceptors (Lipinski definition) is 2. The molecule has 2 aliphatic carbocycles. The molecule has 94 valence electrons. The molecule has 1 nitrogen and oxygen atoms in total. The fourth-order valence-corrected chi connectivity index (χ4v) is 4.40. The predicted octanol–water partition coefficient (Wildman–Crippen LogP) is 3.97. The third-order valence-electron chi connectivity index (χ3n) is 4.11. The second kappa shape index (κ2) is 6.90. The van der Waals surface area contributed by atoms with E-state index in [0.717, 1.165) is 17.3 Å². The second-order valence-corrected chi connectivity index (χ2v) is 7.02. The lowest BCUT2D eigenvalue weighted by molar-refractivity contribution is 0.396. The SMILES string of the molecule is CCSC1CCC(NC2CCCCCC2)C1. The van der Waals surface area contributed by atoms with Crippen molar-refractivity contribution in [1.29, 1.82) is 0 Å². The van der Waals surface area contributed by atoms with Crippen LogP contribution >= 0.6 is 11.8 Å².